The molecule has 1 amide bonds. The smallest absolute Gasteiger partial charge is 0.407 e. The number of carboxylic acids is 1. The summed E-state index contributed by atoms with van der Waals surface area (Å²) in [5.74, 6) is -2.28. The number of carbonyl (C=O) groups excluding carboxylic acids is 1. The monoisotopic (exact) mass is 273 g/mol. The molecule has 108 valence electrons. The fourth-order valence-corrected chi connectivity index (χ4v) is 2.17. The molecule has 0 saturated heterocycles. The Bertz CT molecular complexity index is 345. The van der Waals surface area contributed by atoms with E-state index in [0.29, 0.717) is 0 Å². The third-order valence-electron chi connectivity index (χ3n) is 3.21. The second-order valence-electron chi connectivity index (χ2n) is 4.58. The second kappa shape index (κ2) is 7.10. The van der Waals surface area contributed by atoms with Crippen LogP contribution >= 0.6 is 0 Å². The Hall–Kier alpha value is -1.60. The number of carbonyl (C=O) groups is 2. The van der Waals surface area contributed by atoms with Gasteiger partial charge in [0.05, 0.1) is 18.1 Å². The third-order valence-corrected chi connectivity index (χ3v) is 3.21. The molecule has 0 aliphatic heterocycles. The van der Waals surface area contributed by atoms with E-state index in [1.54, 1.807) is 0 Å². The normalized spacial score (nSPS) is 30.4. The highest BCUT2D eigenvalue weighted by molar-refractivity contribution is 5.71. The maximum Gasteiger partial charge on any atom is 0.407 e. The average Bonchev–Trinajstić information content (AvgIpc) is 2.36. The fraction of sp³-hybridized carbons (Fsp3) is 0.667. The lowest BCUT2D eigenvalue weighted by atomic mass is 9.76. The molecule has 4 N–H and O–H groups in total. The highest BCUT2D eigenvalue weighted by Crippen LogP contribution is 2.30. The van der Waals surface area contributed by atoms with Crippen LogP contribution in [0, 0.1) is 11.8 Å². The first kappa shape index (κ1) is 15.5. The molecular weight excluding hydrogens is 254 g/mol. The van der Waals surface area contributed by atoms with Gasteiger partial charge in [0.1, 0.15) is 6.61 Å². The van der Waals surface area contributed by atoms with Crippen LogP contribution in [0.3, 0.4) is 0 Å². The highest BCUT2D eigenvalue weighted by atomic mass is 16.5. The van der Waals surface area contributed by atoms with Gasteiger partial charge >= 0.3 is 12.1 Å². The van der Waals surface area contributed by atoms with Crippen molar-refractivity contribution >= 4 is 12.1 Å². The van der Waals surface area contributed by atoms with Crippen LogP contribution in [0.25, 0.3) is 0 Å². The molecule has 0 bridgehead atoms. The van der Waals surface area contributed by atoms with Crippen molar-refractivity contribution in [3.8, 4) is 0 Å². The number of carboxylic acid groups (broad SMARTS) is 1. The van der Waals surface area contributed by atoms with E-state index >= 15 is 0 Å². The highest BCUT2D eigenvalue weighted by Gasteiger charge is 2.39. The molecule has 0 aromatic rings. The molecule has 7 heteroatoms. The van der Waals surface area contributed by atoms with Crippen LogP contribution in [-0.4, -0.2) is 52.7 Å². The molecule has 0 unspecified atom stereocenters. The molecule has 0 heterocycles. The molecule has 4 atom stereocenters. The van der Waals surface area contributed by atoms with Crippen molar-refractivity contribution in [2.75, 3.05) is 13.2 Å². The van der Waals surface area contributed by atoms with Crippen molar-refractivity contribution in [3.63, 3.8) is 0 Å². The van der Waals surface area contributed by atoms with Crippen LogP contribution in [0.5, 0.6) is 0 Å². The molecule has 0 aromatic carbocycles. The van der Waals surface area contributed by atoms with Crippen molar-refractivity contribution in [1.29, 1.82) is 0 Å². The first-order valence-corrected chi connectivity index (χ1v) is 6.06. The number of nitrogens with one attached hydrogen (secondary N) is 1. The summed E-state index contributed by atoms with van der Waals surface area (Å²) in [6, 6.07) is 0. The zero-order valence-electron chi connectivity index (χ0n) is 10.5. The number of aliphatic carboxylic acids is 1. The minimum absolute atomic E-state index is 0.0233. The predicted octanol–water partition coefficient (Wildman–Crippen LogP) is -0.269. The maximum absolute atomic E-state index is 11.2. The zero-order chi connectivity index (χ0) is 14.4. The molecule has 0 spiro atoms. The first-order valence-electron chi connectivity index (χ1n) is 6.06. The molecule has 1 fully saturated rings. The van der Waals surface area contributed by atoms with Crippen LogP contribution in [0.4, 0.5) is 4.79 Å². The van der Waals surface area contributed by atoms with E-state index in [1.807, 2.05) is 0 Å². The minimum Gasteiger partial charge on any atom is -0.481 e. The van der Waals surface area contributed by atoms with Gasteiger partial charge in [-0.25, -0.2) is 4.79 Å². The van der Waals surface area contributed by atoms with Crippen LogP contribution in [-0.2, 0) is 9.53 Å². The summed E-state index contributed by atoms with van der Waals surface area (Å²) in [7, 11) is 0. The van der Waals surface area contributed by atoms with Gasteiger partial charge in [0.2, 0.25) is 0 Å². The van der Waals surface area contributed by atoms with Crippen molar-refractivity contribution in [2.24, 2.45) is 11.8 Å². The summed E-state index contributed by atoms with van der Waals surface area (Å²) < 4.78 is 4.70. The number of aliphatic hydroxyl groups is 2. The summed E-state index contributed by atoms with van der Waals surface area (Å²) in [5, 5.41) is 30.5. The van der Waals surface area contributed by atoms with E-state index in [2.05, 4.69) is 11.9 Å². The lowest BCUT2D eigenvalue weighted by molar-refractivity contribution is -0.150. The Morgan fingerprint density at radius 2 is 1.95 bits per heavy atom. The molecule has 1 aliphatic carbocycles. The number of rotatable bonds is 5. The van der Waals surface area contributed by atoms with Gasteiger partial charge in [-0.15, -0.1) is 0 Å². The van der Waals surface area contributed by atoms with E-state index < -0.39 is 36.1 Å². The number of alkyl carbamates (subject to hydrolysis) is 1. The average molecular weight is 273 g/mol. The van der Waals surface area contributed by atoms with Gasteiger partial charge in [0.15, 0.2) is 0 Å². The van der Waals surface area contributed by atoms with Crippen molar-refractivity contribution in [1.82, 2.24) is 5.32 Å². The Labute approximate surface area is 110 Å². The van der Waals surface area contributed by atoms with E-state index in [4.69, 9.17) is 9.84 Å². The van der Waals surface area contributed by atoms with Gasteiger partial charge in [-0.3, -0.25) is 4.79 Å². The van der Waals surface area contributed by atoms with E-state index in [1.165, 1.54) is 6.08 Å². The van der Waals surface area contributed by atoms with E-state index in [0.717, 1.165) is 0 Å². The Kier molecular flexibility index (Phi) is 5.78. The quantitative estimate of drug-likeness (QED) is 0.512. The Morgan fingerprint density at radius 1 is 1.32 bits per heavy atom. The molecule has 0 aromatic heterocycles. The third kappa shape index (κ3) is 4.53. The number of amides is 1. The van der Waals surface area contributed by atoms with Gasteiger partial charge in [-0.2, -0.15) is 0 Å². The summed E-state index contributed by atoms with van der Waals surface area (Å²) in [5.41, 5.74) is 0. The minimum atomic E-state index is -1.04. The van der Waals surface area contributed by atoms with Gasteiger partial charge in [-0.1, -0.05) is 12.7 Å². The lowest BCUT2D eigenvalue weighted by Crippen LogP contribution is -2.46. The molecular formula is C12H19NO6. The van der Waals surface area contributed by atoms with Crippen LogP contribution in [0.1, 0.15) is 12.8 Å². The SMILES string of the molecule is C=CCOC(=O)NC[C@@H]1C[C@@H](O)[C@@H](O)C[C@@H]1C(=O)O. The predicted molar refractivity (Wildman–Crippen MR) is 65.4 cm³/mol. The van der Waals surface area contributed by atoms with Crippen molar-refractivity contribution in [3.05, 3.63) is 12.7 Å². The first-order chi connectivity index (χ1) is 8.95. The second-order valence-corrected chi connectivity index (χ2v) is 4.58. The number of hydrogen-bond acceptors (Lipinski definition) is 5. The summed E-state index contributed by atoms with van der Waals surface area (Å²) in [6.45, 7) is 3.54. The number of aliphatic hydroxyl groups excluding tert-OH is 2. The van der Waals surface area contributed by atoms with Gasteiger partial charge in [-0.05, 0) is 18.8 Å². The maximum atomic E-state index is 11.2. The topological polar surface area (TPSA) is 116 Å². The summed E-state index contributed by atoms with van der Waals surface area (Å²) in [6.07, 6.45) is -1.15. The standard InChI is InChI=1S/C12H19NO6/c1-2-3-19-12(18)13-6-7-4-9(14)10(15)5-8(7)11(16)17/h2,7-10,14-15H,1,3-6H2,(H,13,18)(H,16,17)/t7-,8-,9+,10-/m0/s1. The number of hydrogen-bond donors (Lipinski definition) is 4. The van der Waals surface area contributed by atoms with Crippen LogP contribution in [0.15, 0.2) is 12.7 Å². The zero-order valence-corrected chi connectivity index (χ0v) is 10.5. The van der Waals surface area contributed by atoms with Gasteiger partial charge in [0, 0.05) is 6.54 Å². The molecule has 1 rings (SSSR count). The van der Waals surface area contributed by atoms with E-state index in [9.17, 15) is 19.8 Å². The molecule has 19 heavy (non-hydrogen) atoms. The molecule has 0 radical (unpaired) electrons. The van der Waals surface area contributed by atoms with Gasteiger partial charge < -0.3 is 25.4 Å². The largest absolute Gasteiger partial charge is 0.481 e. The Balaban J connectivity index is 2.51. The molecule has 1 saturated carbocycles. The molecule has 1 aliphatic rings. The van der Waals surface area contributed by atoms with E-state index in [-0.39, 0.29) is 26.0 Å². The Morgan fingerprint density at radius 3 is 2.53 bits per heavy atom. The van der Waals surface area contributed by atoms with Crippen LogP contribution in [0.2, 0.25) is 0 Å². The summed E-state index contributed by atoms with van der Waals surface area (Å²) in [4.78, 5) is 22.3. The van der Waals surface area contributed by atoms with Crippen molar-refractivity contribution in [2.45, 2.75) is 25.0 Å². The van der Waals surface area contributed by atoms with Gasteiger partial charge in [0.25, 0.3) is 0 Å². The fourth-order valence-electron chi connectivity index (χ4n) is 2.17. The summed E-state index contributed by atoms with van der Waals surface area (Å²) >= 11 is 0. The van der Waals surface area contributed by atoms with Crippen molar-refractivity contribution < 1.29 is 29.6 Å². The lowest BCUT2D eigenvalue weighted by Gasteiger charge is -2.34. The van der Waals surface area contributed by atoms with Crippen LogP contribution < -0.4 is 5.32 Å². The molecule has 7 nitrogen and oxygen atoms in total. The number of ether oxygens (including phenoxy) is 1.